The maximum Gasteiger partial charge on any atom is 0.257 e. The van der Waals surface area contributed by atoms with Crippen LogP contribution in [-0.4, -0.2) is 24.0 Å². The van der Waals surface area contributed by atoms with E-state index in [0.29, 0.717) is 10.7 Å². The zero-order chi connectivity index (χ0) is 15.4. The molecule has 22 heavy (non-hydrogen) atoms. The van der Waals surface area contributed by atoms with Crippen LogP contribution in [0.1, 0.15) is 29.6 Å². The quantitative estimate of drug-likeness (QED) is 0.871. The van der Waals surface area contributed by atoms with Crippen LogP contribution in [-0.2, 0) is 0 Å². The molecule has 0 unspecified atom stereocenters. The molecule has 1 fully saturated rings. The Bertz CT molecular complexity index is 634. The number of anilines is 2. The van der Waals surface area contributed by atoms with Crippen LogP contribution < -0.4 is 10.2 Å². The molecular weight excluding hydrogens is 298 g/mol. The first-order chi connectivity index (χ1) is 10.7. The van der Waals surface area contributed by atoms with Crippen molar-refractivity contribution in [1.29, 1.82) is 0 Å². The minimum absolute atomic E-state index is 0.185. The molecule has 1 amide bonds. The van der Waals surface area contributed by atoms with Gasteiger partial charge in [0.1, 0.15) is 5.15 Å². The van der Waals surface area contributed by atoms with E-state index < -0.39 is 0 Å². The number of pyridine rings is 1. The van der Waals surface area contributed by atoms with E-state index in [1.54, 1.807) is 12.1 Å². The van der Waals surface area contributed by atoms with Crippen LogP contribution in [0.5, 0.6) is 0 Å². The lowest BCUT2D eigenvalue weighted by Crippen LogP contribution is -2.29. The number of hydrogen-bond donors (Lipinski definition) is 1. The topological polar surface area (TPSA) is 45.2 Å². The number of nitrogens with one attached hydrogen (secondary N) is 1. The van der Waals surface area contributed by atoms with Crippen molar-refractivity contribution >= 4 is 28.9 Å². The third kappa shape index (κ3) is 3.57. The Hall–Kier alpha value is -2.07. The number of rotatable bonds is 3. The van der Waals surface area contributed by atoms with E-state index in [4.69, 9.17) is 11.6 Å². The molecule has 1 aromatic carbocycles. The fourth-order valence-electron chi connectivity index (χ4n) is 2.62. The summed E-state index contributed by atoms with van der Waals surface area (Å²) in [5.74, 6) is -0.185. The smallest absolute Gasteiger partial charge is 0.257 e. The number of carbonyl (C=O) groups excluding carboxylic acids is 1. The highest BCUT2D eigenvalue weighted by atomic mass is 35.5. The van der Waals surface area contributed by atoms with E-state index in [1.807, 2.05) is 12.1 Å². The summed E-state index contributed by atoms with van der Waals surface area (Å²) >= 11 is 5.72. The molecule has 5 heteroatoms. The number of amides is 1. The summed E-state index contributed by atoms with van der Waals surface area (Å²) in [6.07, 6.45) is 5.30. The predicted molar refractivity (Wildman–Crippen MR) is 89.7 cm³/mol. The number of carbonyl (C=O) groups is 1. The second kappa shape index (κ2) is 6.79. The molecule has 3 rings (SSSR count). The van der Waals surface area contributed by atoms with Crippen molar-refractivity contribution in [3.8, 4) is 0 Å². The minimum atomic E-state index is -0.185. The van der Waals surface area contributed by atoms with Crippen molar-refractivity contribution in [3.63, 3.8) is 0 Å². The third-order valence-electron chi connectivity index (χ3n) is 3.84. The van der Waals surface area contributed by atoms with Gasteiger partial charge >= 0.3 is 0 Å². The van der Waals surface area contributed by atoms with Gasteiger partial charge in [-0.25, -0.2) is 4.98 Å². The summed E-state index contributed by atoms with van der Waals surface area (Å²) in [7, 11) is 0. The number of halogens is 1. The van der Waals surface area contributed by atoms with Crippen molar-refractivity contribution in [3.05, 3.63) is 53.3 Å². The maximum atomic E-state index is 12.1. The molecule has 0 saturated carbocycles. The van der Waals surface area contributed by atoms with Gasteiger partial charge in [-0.2, -0.15) is 0 Å². The van der Waals surface area contributed by atoms with E-state index in [9.17, 15) is 4.79 Å². The molecule has 1 aliphatic heterocycles. The van der Waals surface area contributed by atoms with Crippen molar-refractivity contribution < 1.29 is 4.79 Å². The van der Waals surface area contributed by atoms with Crippen molar-refractivity contribution in [1.82, 2.24) is 4.98 Å². The molecule has 0 atom stereocenters. The molecule has 0 spiro atoms. The Morgan fingerprint density at radius 2 is 1.77 bits per heavy atom. The van der Waals surface area contributed by atoms with E-state index in [0.717, 1.165) is 18.8 Å². The number of benzene rings is 1. The Morgan fingerprint density at radius 1 is 1.05 bits per heavy atom. The first-order valence-electron chi connectivity index (χ1n) is 7.50. The van der Waals surface area contributed by atoms with Crippen LogP contribution in [0.4, 0.5) is 11.4 Å². The van der Waals surface area contributed by atoms with Crippen LogP contribution in [0, 0.1) is 0 Å². The van der Waals surface area contributed by atoms with Crippen LogP contribution in [0.15, 0.2) is 42.6 Å². The molecule has 0 bridgehead atoms. The van der Waals surface area contributed by atoms with E-state index in [2.05, 4.69) is 27.3 Å². The van der Waals surface area contributed by atoms with Gasteiger partial charge in [-0.3, -0.25) is 4.79 Å². The first-order valence-corrected chi connectivity index (χ1v) is 7.88. The number of aromatic nitrogens is 1. The predicted octanol–water partition coefficient (Wildman–Crippen LogP) is 3.98. The summed E-state index contributed by atoms with van der Waals surface area (Å²) in [5.41, 5.74) is 2.48. The van der Waals surface area contributed by atoms with Gasteiger partial charge in [0.15, 0.2) is 0 Å². The fraction of sp³-hybridized carbons (Fsp3) is 0.294. The number of nitrogens with zero attached hydrogens (tertiary/aromatic N) is 2. The van der Waals surface area contributed by atoms with Gasteiger partial charge in [0.25, 0.3) is 5.91 Å². The molecule has 1 N–H and O–H groups in total. The second-order valence-corrected chi connectivity index (χ2v) is 5.81. The highest BCUT2D eigenvalue weighted by Gasteiger charge is 2.11. The van der Waals surface area contributed by atoms with Crippen molar-refractivity contribution in [2.75, 3.05) is 23.3 Å². The monoisotopic (exact) mass is 315 g/mol. The lowest BCUT2D eigenvalue weighted by molar-refractivity contribution is 0.102. The molecule has 0 radical (unpaired) electrons. The van der Waals surface area contributed by atoms with Gasteiger partial charge < -0.3 is 10.2 Å². The molecule has 1 aliphatic rings. The SMILES string of the molecule is O=C(Nc1ccc(N2CCCCC2)cc1)c1ccc(Cl)nc1. The molecule has 1 aromatic heterocycles. The highest BCUT2D eigenvalue weighted by Crippen LogP contribution is 2.22. The minimum Gasteiger partial charge on any atom is -0.372 e. The van der Waals surface area contributed by atoms with E-state index >= 15 is 0 Å². The largest absolute Gasteiger partial charge is 0.372 e. The van der Waals surface area contributed by atoms with Gasteiger partial charge in [-0.05, 0) is 55.7 Å². The summed E-state index contributed by atoms with van der Waals surface area (Å²) < 4.78 is 0. The number of hydrogen-bond acceptors (Lipinski definition) is 3. The highest BCUT2D eigenvalue weighted by molar-refractivity contribution is 6.29. The van der Waals surface area contributed by atoms with Crippen LogP contribution in [0.3, 0.4) is 0 Å². The Morgan fingerprint density at radius 3 is 2.41 bits per heavy atom. The van der Waals surface area contributed by atoms with Crippen LogP contribution in [0.25, 0.3) is 0 Å². The van der Waals surface area contributed by atoms with Crippen LogP contribution >= 0.6 is 11.6 Å². The van der Waals surface area contributed by atoms with E-state index in [-0.39, 0.29) is 5.91 Å². The third-order valence-corrected chi connectivity index (χ3v) is 4.06. The zero-order valence-corrected chi connectivity index (χ0v) is 13.0. The van der Waals surface area contributed by atoms with Crippen LogP contribution in [0.2, 0.25) is 5.15 Å². The van der Waals surface area contributed by atoms with Gasteiger partial charge in [-0.1, -0.05) is 11.6 Å². The zero-order valence-electron chi connectivity index (χ0n) is 12.3. The molecule has 114 valence electrons. The summed E-state index contributed by atoms with van der Waals surface area (Å²) in [5, 5.41) is 3.24. The second-order valence-electron chi connectivity index (χ2n) is 5.42. The molecular formula is C17H18ClN3O. The Balaban J connectivity index is 1.65. The van der Waals surface area contributed by atoms with Crippen molar-refractivity contribution in [2.45, 2.75) is 19.3 Å². The maximum absolute atomic E-state index is 12.1. The van der Waals surface area contributed by atoms with Gasteiger partial charge in [0, 0.05) is 30.7 Å². The van der Waals surface area contributed by atoms with Gasteiger partial charge in [0.2, 0.25) is 0 Å². The van der Waals surface area contributed by atoms with Crippen molar-refractivity contribution in [2.24, 2.45) is 0 Å². The van der Waals surface area contributed by atoms with Gasteiger partial charge in [-0.15, -0.1) is 0 Å². The normalized spacial score (nSPS) is 14.7. The summed E-state index contributed by atoms with van der Waals surface area (Å²) in [6, 6.07) is 11.3. The molecule has 2 heterocycles. The standard InChI is InChI=1S/C17H18ClN3O/c18-16-9-4-13(12-19-16)17(22)20-14-5-7-15(8-6-14)21-10-2-1-3-11-21/h4-9,12H,1-3,10-11H2,(H,20,22). The van der Waals surface area contributed by atoms with Gasteiger partial charge in [0.05, 0.1) is 5.56 Å². The summed E-state index contributed by atoms with van der Waals surface area (Å²) in [4.78, 5) is 18.4. The summed E-state index contributed by atoms with van der Waals surface area (Å²) in [6.45, 7) is 2.23. The Kier molecular flexibility index (Phi) is 4.59. The molecule has 4 nitrogen and oxygen atoms in total. The molecule has 1 saturated heterocycles. The number of piperidine rings is 1. The lowest BCUT2D eigenvalue weighted by atomic mass is 10.1. The molecule has 2 aromatic rings. The average molecular weight is 316 g/mol. The Labute approximate surface area is 135 Å². The average Bonchev–Trinajstić information content (AvgIpc) is 2.57. The fourth-order valence-corrected chi connectivity index (χ4v) is 2.73. The molecule has 0 aliphatic carbocycles. The first kappa shape index (κ1) is 14.9. The lowest BCUT2D eigenvalue weighted by Gasteiger charge is -2.28. The van der Waals surface area contributed by atoms with E-state index in [1.165, 1.54) is 31.1 Å².